The van der Waals surface area contributed by atoms with Crippen molar-refractivity contribution in [3.8, 4) is 0 Å². The van der Waals surface area contributed by atoms with Crippen molar-refractivity contribution >= 4 is 17.7 Å². The monoisotopic (exact) mass is 541 g/mol. The van der Waals surface area contributed by atoms with E-state index in [0.29, 0.717) is 34.5 Å². The van der Waals surface area contributed by atoms with E-state index < -0.39 is 11.6 Å². The molecular weight excluding hydrogens is 514 g/mol. The summed E-state index contributed by atoms with van der Waals surface area (Å²) in [6, 6.07) is 15.7. The number of aliphatic hydroxyl groups is 1. The smallest absolute Gasteiger partial charge is 0.348 e. The maximum atomic E-state index is 13.5. The molecule has 35 heavy (non-hydrogen) atoms. The molecular formula is C26H28BrN3O5. The van der Waals surface area contributed by atoms with Crippen molar-refractivity contribution in [1.29, 1.82) is 0 Å². The maximum Gasteiger partial charge on any atom is 0.348 e. The molecule has 1 aromatic carbocycles. The van der Waals surface area contributed by atoms with Gasteiger partial charge in [0.1, 0.15) is 12.4 Å². The highest BCUT2D eigenvalue weighted by Gasteiger charge is 2.51. The number of esters is 1. The predicted octanol–water partition coefficient (Wildman–Crippen LogP) is -0.295. The number of benzene rings is 1. The van der Waals surface area contributed by atoms with Gasteiger partial charge in [0.05, 0.1) is 25.6 Å². The Morgan fingerprint density at radius 2 is 1.83 bits per heavy atom. The number of carbonyl (C=O) groups excluding carboxylic acids is 2. The molecule has 8 nitrogen and oxygen atoms in total. The molecule has 3 aromatic rings. The molecule has 1 amide bonds. The SMILES string of the molecule is O=C(C[N+]12CCC(CC1)[C@@H](OC(=O)C(O)(c1ccccc1)c1ccoc1)C2)Nc1ccccn1.[Br-]. The first-order chi connectivity index (χ1) is 16.5. The highest BCUT2D eigenvalue weighted by atomic mass is 79.9. The molecule has 5 heterocycles. The Kier molecular flexibility index (Phi) is 7.39. The molecule has 3 aliphatic heterocycles. The molecule has 0 aliphatic carbocycles. The summed E-state index contributed by atoms with van der Waals surface area (Å²) in [7, 11) is 0. The van der Waals surface area contributed by atoms with Crippen LogP contribution in [0.25, 0.3) is 0 Å². The van der Waals surface area contributed by atoms with Gasteiger partial charge >= 0.3 is 5.97 Å². The molecule has 0 radical (unpaired) electrons. The molecule has 1 unspecified atom stereocenters. The van der Waals surface area contributed by atoms with Crippen molar-refractivity contribution in [1.82, 2.24) is 4.98 Å². The lowest BCUT2D eigenvalue weighted by Crippen LogP contribution is -3.00. The number of carbonyl (C=O) groups is 2. The zero-order valence-electron chi connectivity index (χ0n) is 19.2. The summed E-state index contributed by atoms with van der Waals surface area (Å²) >= 11 is 0. The van der Waals surface area contributed by atoms with Crippen LogP contribution in [-0.4, -0.2) is 58.7 Å². The van der Waals surface area contributed by atoms with E-state index in [1.807, 2.05) is 12.1 Å². The first-order valence-corrected chi connectivity index (χ1v) is 11.6. The van der Waals surface area contributed by atoms with Gasteiger partial charge in [0.25, 0.3) is 5.91 Å². The minimum Gasteiger partial charge on any atom is -1.00 e. The van der Waals surface area contributed by atoms with Gasteiger partial charge in [-0.25, -0.2) is 9.78 Å². The number of quaternary nitrogens is 1. The first-order valence-electron chi connectivity index (χ1n) is 11.6. The second-order valence-electron chi connectivity index (χ2n) is 9.26. The number of nitrogens with zero attached hydrogens (tertiary/aromatic N) is 2. The van der Waals surface area contributed by atoms with E-state index >= 15 is 0 Å². The van der Waals surface area contributed by atoms with Gasteiger partial charge in [0, 0.05) is 30.5 Å². The van der Waals surface area contributed by atoms with E-state index in [2.05, 4.69) is 10.3 Å². The average molecular weight is 542 g/mol. The van der Waals surface area contributed by atoms with Crippen LogP contribution < -0.4 is 22.3 Å². The fourth-order valence-corrected chi connectivity index (χ4v) is 5.28. The Balaban J connectivity index is 0.00000289. The van der Waals surface area contributed by atoms with Crippen LogP contribution in [0.5, 0.6) is 0 Å². The Hall–Kier alpha value is -3.01. The van der Waals surface area contributed by atoms with Crippen LogP contribution in [0.1, 0.15) is 24.0 Å². The highest BCUT2D eigenvalue weighted by Crippen LogP contribution is 2.38. The Morgan fingerprint density at radius 3 is 2.49 bits per heavy atom. The van der Waals surface area contributed by atoms with Gasteiger partial charge in [-0.1, -0.05) is 36.4 Å². The molecule has 2 atom stereocenters. The van der Waals surface area contributed by atoms with Crippen LogP contribution in [0, 0.1) is 5.92 Å². The minimum absolute atomic E-state index is 0. The number of hydrogen-bond donors (Lipinski definition) is 2. The van der Waals surface area contributed by atoms with E-state index in [0.717, 1.165) is 25.9 Å². The minimum atomic E-state index is -1.97. The van der Waals surface area contributed by atoms with Gasteiger partial charge in [-0.2, -0.15) is 0 Å². The number of piperidine rings is 3. The van der Waals surface area contributed by atoms with Crippen molar-refractivity contribution in [2.24, 2.45) is 5.92 Å². The van der Waals surface area contributed by atoms with Gasteiger partial charge in [0.15, 0.2) is 12.6 Å². The number of nitrogens with one attached hydrogen (secondary N) is 1. The number of amides is 1. The first kappa shape index (κ1) is 25.1. The van der Waals surface area contributed by atoms with Gasteiger partial charge in [-0.15, -0.1) is 0 Å². The molecule has 2 N–H and O–H groups in total. The standard InChI is InChI=1S/C26H27N3O5.BrH/c30-24(28-23-8-4-5-12-27-23)17-29-13-9-19(10-14-29)22(16-29)34-25(31)26(32,21-11-15-33-18-21)20-6-2-1-3-7-20;/h1-8,11-12,15,18-19,22,32H,9-10,13-14,16-17H2;1H/t19?,22-,26?,29?;/m0./s1. The molecule has 6 rings (SSSR count). The van der Waals surface area contributed by atoms with Crippen LogP contribution >= 0.6 is 0 Å². The van der Waals surface area contributed by atoms with E-state index in [9.17, 15) is 14.7 Å². The van der Waals surface area contributed by atoms with Crippen LogP contribution in [0.3, 0.4) is 0 Å². The third-order valence-electron chi connectivity index (χ3n) is 7.14. The van der Waals surface area contributed by atoms with Gasteiger partial charge < -0.3 is 41.0 Å². The van der Waals surface area contributed by atoms with E-state index in [4.69, 9.17) is 9.15 Å². The quantitative estimate of drug-likeness (QED) is 0.314. The molecule has 184 valence electrons. The molecule has 2 bridgehead atoms. The van der Waals surface area contributed by atoms with Crippen molar-refractivity contribution in [3.63, 3.8) is 0 Å². The molecule has 0 saturated carbocycles. The zero-order chi connectivity index (χ0) is 23.6. The van der Waals surface area contributed by atoms with Gasteiger partial charge in [-0.3, -0.25) is 4.79 Å². The Morgan fingerprint density at radius 1 is 1.09 bits per heavy atom. The fraction of sp³-hybridized carbons (Fsp3) is 0.346. The Labute approximate surface area is 214 Å². The summed E-state index contributed by atoms with van der Waals surface area (Å²) in [4.78, 5) is 30.4. The summed E-state index contributed by atoms with van der Waals surface area (Å²) in [6.45, 7) is 2.56. The topological polar surface area (TPSA) is 102 Å². The lowest BCUT2D eigenvalue weighted by atomic mass is 9.82. The van der Waals surface area contributed by atoms with E-state index in [1.165, 1.54) is 12.5 Å². The van der Waals surface area contributed by atoms with Crippen LogP contribution in [-0.2, 0) is 19.9 Å². The van der Waals surface area contributed by atoms with Crippen LogP contribution in [0.2, 0.25) is 0 Å². The van der Waals surface area contributed by atoms with Crippen molar-refractivity contribution < 1.29 is 45.3 Å². The summed E-state index contributed by atoms with van der Waals surface area (Å²) in [5.74, 6) is -0.0981. The average Bonchev–Trinajstić information content (AvgIpc) is 3.40. The normalized spacial score (nSPS) is 24.6. The molecule has 3 fully saturated rings. The number of pyridine rings is 1. The van der Waals surface area contributed by atoms with Crippen LogP contribution in [0.4, 0.5) is 5.82 Å². The van der Waals surface area contributed by atoms with Crippen molar-refractivity contribution in [3.05, 3.63) is 84.4 Å². The molecule has 0 spiro atoms. The van der Waals surface area contributed by atoms with E-state index in [-0.39, 0.29) is 34.9 Å². The lowest BCUT2D eigenvalue weighted by molar-refractivity contribution is -0.939. The van der Waals surface area contributed by atoms with E-state index in [1.54, 1.807) is 48.7 Å². The molecule has 3 saturated heterocycles. The number of furan rings is 1. The largest absolute Gasteiger partial charge is 1.00 e. The zero-order valence-corrected chi connectivity index (χ0v) is 20.8. The number of hydrogen-bond acceptors (Lipinski definition) is 6. The third kappa shape index (κ3) is 5.03. The Bertz CT molecular complexity index is 1130. The van der Waals surface area contributed by atoms with Gasteiger partial charge in [0.2, 0.25) is 5.60 Å². The van der Waals surface area contributed by atoms with Crippen molar-refractivity contribution in [2.75, 3.05) is 31.5 Å². The summed E-state index contributed by atoms with van der Waals surface area (Å²) in [6.07, 6.45) is 5.78. The van der Waals surface area contributed by atoms with Crippen LogP contribution in [0.15, 0.2) is 77.7 Å². The number of aromatic nitrogens is 1. The number of anilines is 1. The summed E-state index contributed by atoms with van der Waals surface area (Å²) < 4.78 is 11.7. The third-order valence-corrected chi connectivity index (χ3v) is 7.14. The summed E-state index contributed by atoms with van der Waals surface area (Å²) in [5.41, 5.74) is -1.23. The van der Waals surface area contributed by atoms with Crippen molar-refractivity contribution in [2.45, 2.75) is 24.5 Å². The number of halogens is 1. The second-order valence-corrected chi connectivity index (χ2v) is 9.26. The lowest BCUT2D eigenvalue weighted by Gasteiger charge is -2.51. The highest BCUT2D eigenvalue weighted by molar-refractivity contribution is 5.90. The molecule has 2 aromatic heterocycles. The molecule has 3 aliphatic rings. The van der Waals surface area contributed by atoms with Gasteiger partial charge in [-0.05, 0) is 23.8 Å². The predicted molar refractivity (Wildman–Crippen MR) is 123 cm³/mol. The number of fused-ring (bicyclic) bond motifs is 3. The number of ether oxygens (including phenoxy) is 1. The maximum absolute atomic E-state index is 13.5. The number of rotatable bonds is 7. The summed E-state index contributed by atoms with van der Waals surface area (Å²) in [5, 5.41) is 14.4. The fourth-order valence-electron chi connectivity index (χ4n) is 5.28. The molecule has 9 heteroatoms. The second kappa shape index (κ2) is 10.3.